The van der Waals surface area contributed by atoms with E-state index < -0.39 is 28.6 Å². The number of halogens is 2. The van der Waals surface area contributed by atoms with Crippen LogP contribution in [-0.4, -0.2) is 35.3 Å². The lowest BCUT2D eigenvalue weighted by molar-refractivity contribution is -0.129. The van der Waals surface area contributed by atoms with E-state index in [1.54, 1.807) is 13.8 Å². The fourth-order valence-corrected chi connectivity index (χ4v) is 2.71. The van der Waals surface area contributed by atoms with E-state index in [0.717, 1.165) is 12.1 Å². The lowest BCUT2D eigenvalue weighted by Gasteiger charge is -2.34. The summed E-state index contributed by atoms with van der Waals surface area (Å²) in [6.45, 7) is 4.14. The van der Waals surface area contributed by atoms with Crippen molar-refractivity contribution in [2.45, 2.75) is 32.2 Å². The summed E-state index contributed by atoms with van der Waals surface area (Å²) in [5.41, 5.74) is -1.67. The standard InChI is InChI=1S/C15H18F2N2O2/c1-3-18-14(21)15(2)8-5-9-19(15)13(20)12-10(16)6-4-7-11(12)17/h4,6-7H,3,5,8-9H2,1-2H3,(H,18,21). The van der Waals surface area contributed by atoms with Gasteiger partial charge in [-0.1, -0.05) is 6.07 Å². The van der Waals surface area contributed by atoms with Gasteiger partial charge in [0, 0.05) is 13.1 Å². The summed E-state index contributed by atoms with van der Waals surface area (Å²) in [5, 5.41) is 2.67. The summed E-state index contributed by atoms with van der Waals surface area (Å²) in [6.07, 6.45) is 1.09. The summed E-state index contributed by atoms with van der Waals surface area (Å²) in [5.74, 6) is -2.90. The third-order valence-corrected chi connectivity index (χ3v) is 3.89. The number of amides is 2. The average molecular weight is 296 g/mol. The molecule has 114 valence electrons. The summed E-state index contributed by atoms with van der Waals surface area (Å²) < 4.78 is 27.5. The van der Waals surface area contributed by atoms with E-state index in [-0.39, 0.29) is 5.91 Å². The van der Waals surface area contributed by atoms with E-state index in [4.69, 9.17) is 0 Å². The largest absolute Gasteiger partial charge is 0.354 e. The molecule has 0 saturated carbocycles. The smallest absolute Gasteiger partial charge is 0.260 e. The number of likely N-dealkylation sites (N-methyl/N-ethyl adjacent to an activating group) is 1. The van der Waals surface area contributed by atoms with Gasteiger partial charge in [-0.15, -0.1) is 0 Å². The summed E-state index contributed by atoms with van der Waals surface area (Å²) >= 11 is 0. The monoisotopic (exact) mass is 296 g/mol. The van der Waals surface area contributed by atoms with Crippen LogP contribution in [0.25, 0.3) is 0 Å². The molecular weight excluding hydrogens is 278 g/mol. The van der Waals surface area contributed by atoms with Crippen LogP contribution in [0, 0.1) is 11.6 Å². The Balaban J connectivity index is 2.36. The molecule has 1 aromatic carbocycles. The van der Waals surface area contributed by atoms with Gasteiger partial charge in [-0.25, -0.2) is 8.78 Å². The van der Waals surface area contributed by atoms with Crippen LogP contribution in [0.3, 0.4) is 0 Å². The van der Waals surface area contributed by atoms with Gasteiger partial charge in [0.15, 0.2) is 0 Å². The third kappa shape index (κ3) is 2.62. The zero-order valence-corrected chi connectivity index (χ0v) is 12.1. The molecule has 1 aliphatic rings. The topological polar surface area (TPSA) is 49.4 Å². The zero-order chi connectivity index (χ0) is 15.6. The highest BCUT2D eigenvalue weighted by Crippen LogP contribution is 2.31. The molecule has 1 aliphatic heterocycles. The van der Waals surface area contributed by atoms with Crippen LogP contribution in [0.5, 0.6) is 0 Å². The van der Waals surface area contributed by atoms with Crippen LogP contribution in [0.15, 0.2) is 18.2 Å². The number of nitrogens with zero attached hydrogens (tertiary/aromatic N) is 1. The van der Waals surface area contributed by atoms with Crippen LogP contribution in [0.2, 0.25) is 0 Å². The maximum atomic E-state index is 13.8. The van der Waals surface area contributed by atoms with Crippen LogP contribution in [0.1, 0.15) is 37.0 Å². The van der Waals surface area contributed by atoms with Gasteiger partial charge in [0.1, 0.15) is 22.7 Å². The van der Waals surface area contributed by atoms with E-state index in [1.807, 2.05) is 0 Å². The molecule has 0 aliphatic carbocycles. The molecule has 1 N–H and O–H groups in total. The first-order valence-electron chi connectivity index (χ1n) is 6.96. The Labute approximate surface area is 122 Å². The Bertz CT molecular complexity index is 557. The Kier molecular flexibility index (Phi) is 4.25. The van der Waals surface area contributed by atoms with E-state index in [1.165, 1.54) is 11.0 Å². The molecule has 0 spiro atoms. The van der Waals surface area contributed by atoms with E-state index >= 15 is 0 Å². The second-order valence-corrected chi connectivity index (χ2v) is 5.29. The summed E-state index contributed by atoms with van der Waals surface area (Å²) in [4.78, 5) is 25.9. The van der Waals surface area contributed by atoms with Crippen molar-refractivity contribution in [3.63, 3.8) is 0 Å². The first kappa shape index (κ1) is 15.4. The first-order valence-corrected chi connectivity index (χ1v) is 6.96. The van der Waals surface area contributed by atoms with Gasteiger partial charge in [0.25, 0.3) is 5.91 Å². The van der Waals surface area contributed by atoms with Gasteiger partial charge in [-0.3, -0.25) is 9.59 Å². The maximum Gasteiger partial charge on any atom is 0.260 e. The lowest BCUT2D eigenvalue weighted by Crippen LogP contribution is -2.55. The second kappa shape index (κ2) is 5.79. The molecular formula is C15H18F2N2O2. The minimum Gasteiger partial charge on any atom is -0.354 e. The van der Waals surface area contributed by atoms with E-state index in [9.17, 15) is 18.4 Å². The average Bonchev–Trinajstić information content (AvgIpc) is 2.82. The van der Waals surface area contributed by atoms with Gasteiger partial charge >= 0.3 is 0 Å². The van der Waals surface area contributed by atoms with Gasteiger partial charge in [0.2, 0.25) is 5.91 Å². The van der Waals surface area contributed by atoms with Crippen LogP contribution >= 0.6 is 0 Å². The molecule has 2 amide bonds. The molecule has 21 heavy (non-hydrogen) atoms. The second-order valence-electron chi connectivity index (χ2n) is 5.29. The summed E-state index contributed by atoms with van der Waals surface area (Å²) in [7, 11) is 0. The zero-order valence-electron chi connectivity index (χ0n) is 12.1. The Morgan fingerprint density at radius 2 is 1.95 bits per heavy atom. The predicted molar refractivity (Wildman–Crippen MR) is 73.7 cm³/mol. The normalized spacial score (nSPS) is 21.4. The van der Waals surface area contributed by atoms with Crippen LogP contribution < -0.4 is 5.32 Å². The van der Waals surface area contributed by atoms with Crippen LogP contribution in [0.4, 0.5) is 8.78 Å². The van der Waals surface area contributed by atoms with Crippen molar-refractivity contribution in [2.24, 2.45) is 0 Å². The van der Waals surface area contributed by atoms with Crippen molar-refractivity contribution in [2.75, 3.05) is 13.1 Å². The Morgan fingerprint density at radius 3 is 2.52 bits per heavy atom. The fourth-order valence-electron chi connectivity index (χ4n) is 2.71. The highest BCUT2D eigenvalue weighted by Gasteiger charge is 2.46. The number of carbonyl (C=O) groups is 2. The molecule has 1 aromatic rings. The first-order chi connectivity index (χ1) is 9.91. The van der Waals surface area contributed by atoms with Crippen molar-refractivity contribution < 1.29 is 18.4 Å². The minimum absolute atomic E-state index is 0.299. The number of benzene rings is 1. The van der Waals surface area contributed by atoms with Crippen molar-refractivity contribution >= 4 is 11.8 Å². The number of rotatable bonds is 3. The third-order valence-electron chi connectivity index (χ3n) is 3.89. The van der Waals surface area contributed by atoms with E-state index in [2.05, 4.69) is 5.32 Å². The molecule has 4 nitrogen and oxygen atoms in total. The number of hydrogen-bond acceptors (Lipinski definition) is 2. The maximum absolute atomic E-state index is 13.8. The van der Waals surface area contributed by atoms with Crippen molar-refractivity contribution in [1.82, 2.24) is 10.2 Å². The Hall–Kier alpha value is -1.98. The number of nitrogens with one attached hydrogen (secondary N) is 1. The number of hydrogen-bond donors (Lipinski definition) is 1. The predicted octanol–water partition coefficient (Wildman–Crippen LogP) is 2.10. The van der Waals surface area contributed by atoms with E-state index in [0.29, 0.717) is 25.9 Å². The molecule has 0 bridgehead atoms. The van der Waals surface area contributed by atoms with Crippen LogP contribution in [-0.2, 0) is 4.79 Å². The Morgan fingerprint density at radius 1 is 1.33 bits per heavy atom. The van der Waals surface area contributed by atoms with Gasteiger partial charge in [-0.2, -0.15) is 0 Å². The number of carbonyl (C=O) groups excluding carboxylic acids is 2. The van der Waals surface area contributed by atoms with Gasteiger partial charge in [-0.05, 0) is 38.8 Å². The quantitative estimate of drug-likeness (QED) is 0.928. The molecule has 1 unspecified atom stereocenters. The minimum atomic E-state index is -1.07. The lowest BCUT2D eigenvalue weighted by atomic mass is 9.96. The van der Waals surface area contributed by atoms with Gasteiger partial charge in [0.05, 0.1) is 0 Å². The molecule has 1 heterocycles. The SMILES string of the molecule is CCNC(=O)C1(C)CCCN1C(=O)c1c(F)cccc1F. The molecule has 1 saturated heterocycles. The highest BCUT2D eigenvalue weighted by molar-refractivity contribution is 5.99. The molecule has 2 rings (SSSR count). The molecule has 1 atom stereocenters. The summed E-state index contributed by atoms with van der Waals surface area (Å²) in [6, 6.07) is 3.28. The van der Waals surface area contributed by atoms with Gasteiger partial charge < -0.3 is 10.2 Å². The molecule has 0 radical (unpaired) electrons. The molecule has 1 fully saturated rings. The van der Waals surface area contributed by atoms with Crippen molar-refractivity contribution in [3.8, 4) is 0 Å². The molecule has 6 heteroatoms. The fraction of sp³-hybridized carbons (Fsp3) is 0.467. The number of likely N-dealkylation sites (tertiary alicyclic amines) is 1. The molecule has 0 aromatic heterocycles. The van der Waals surface area contributed by atoms with Crippen molar-refractivity contribution in [3.05, 3.63) is 35.4 Å². The van der Waals surface area contributed by atoms with Crippen molar-refractivity contribution in [1.29, 1.82) is 0 Å². The highest BCUT2D eigenvalue weighted by atomic mass is 19.1.